The van der Waals surface area contributed by atoms with Crippen LogP contribution in [0.3, 0.4) is 0 Å². The van der Waals surface area contributed by atoms with Crippen LogP contribution < -0.4 is 0 Å². The van der Waals surface area contributed by atoms with Crippen molar-refractivity contribution in [3.8, 4) is 0 Å². The van der Waals surface area contributed by atoms with Gasteiger partial charge in [0.05, 0.1) is 6.61 Å². The van der Waals surface area contributed by atoms with Gasteiger partial charge in [-0.05, 0) is 6.08 Å². The smallest absolute Gasteiger partial charge is 0.302 e. The van der Waals surface area contributed by atoms with Crippen molar-refractivity contribution in [2.45, 2.75) is 13.3 Å². The summed E-state index contributed by atoms with van der Waals surface area (Å²) >= 11 is 0. The molecule has 0 spiro atoms. The summed E-state index contributed by atoms with van der Waals surface area (Å²) in [6.45, 7) is 1.84. The van der Waals surface area contributed by atoms with E-state index < -0.39 is 0 Å². The van der Waals surface area contributed by atoms with E-state index in [2.05, 4.69) is 4.99 Å². The summed E-state index contributed by atoms with van der Waals surface area (Å²) in [5.41, 5.74) is 1.00. The lowest BCUT2D eigenvalue weighted by Crippen LogP contribution is -2.02. The van der Waals surface area contributed by atoms with E-state index in [9.17, 15) is 4.79 Å². The maximum Gasteiger partial charge on any atom is 0.302 e. The first-order chi connectivity index (χ1) is 4.79. The van der Waals surface area contributed by atoms with Crippen molar-refractivity contribution in [2.24, 2.45) is 4.99 Å². The van der Waals surface area contributed by atoms with E-state index in [1.807, 2.05) is 6.08 Å². The van der Waals surface area contributed by atoms with Crippen molar-refractivity contribution >= 4 is 12.2 Å². The molecule has 0 N–H and O–H groups in total. The van der Waals surface area contributed by atoms with Crippen LogP contribution in [0.4, 0.5) is 0 Å². The van der Waals surface area contributed by atoms with Gasteiger partial charge in [-0.3, -0.25) is 9.79 Å². The van der Waals surface area contributed by atoms with Gasteiger partial charge in [0.2, 0.25) is 0 Å². The summed E-state index contributed by atoms with van der Waals surface area (Å²) in [6, 6.07) is 0. The molecular formula is C7H9NO2. The minimum Gasteiger partial charge on any atom is -0.465 e. The largest absolute Gasteiger partial charge is 0.465 e. The Hall–Kier alpha value is -1.12. The lowest BCUT2D eigenvalue weighted by Gasteiger charge is -2.05. The fraction of sp³-hybridized carbons (Fsp3) is 0.429. The number of ether oxygens (including phenoxy) is 1. The SMILES string of the molecule is CC(=O)OCCC1=CC=N1. The van der Waals surface area contributed by atoms with E-state index in [-0.39, 0.29) is 5.97 Å². The highest BCUT2D eigenvalue weighted by molar-refractivity contribution is 5.79. The van der Waals surface area contributed by atoms with Gasteiger partial charge in [0.1, 0.15) is 0 Å². The van der Waals surface area contributed by atoms with Crippen molar-refractivity contribution < 1.29 is 9.53 Å². The molecule has 1 heterocycles. The number of nitrogens with zero attached hydrogens (tertiary/aromatic N) is 1. The molecule has 0 saturated carbocycles. The summed E-state index contributed by atoms with van der Waals surface area (Å²) in [5.74, 6) is -0.232. The molecule has 0 bridgehead atoms. The second kappa shape index (κ2) is 3.15. The first-order valence-corrected chi connectivity index (χ1v) is 3.15. The Morgan fingerprint density at radius 2 is 2.50 bits per heavy atom. The van der Waals surface area contributed by atoms with Crippen LogP contribution in [0.5, 0.6) is 0 Å². The Bertz CT molecular complexity index is 194. The van der Waals surface area contributed by atoms with Gasteiger partial charge < -0.3 is 4.74 Å². The van der Waals surface area contributed by atoms with E-state index in [1.54, 1.807) is 6.21 Å². The Labute approximate surface area is 59.4 Å². The summed E-state index contributed by atoms with van der Waals surface area (Å²) in [5, 5.41) is 0. The third-order valence-electron chi connectivity index (χ3n) is 1.17. The highest BCUT2D eigenvalue weighted by Gasteiger charge is 1.99. The molecule has 1 aliphatic rings. The van der Waals surface area contributed by atoms with E-state index in [0.29, 0.717) is 6.61 Å². The Morgan fingerprint density at radius 1 is 1.80 bits per heavy atom. The number of esters is 1. The van der Waals surface area contributed by atoms with Gasteiger partial charge in [0.15, 0.2) is 0 Å². The van der Waals surface area contributed by atoms with Gasteiger partial charge in [0, 0.05) is 25.3 Å². The normalized spacial score (nSPS) is 13.9. The van der Waals surface area contributed by atoms with Gasteiger partial charge in [-0.1, -0.05) is 0 Å². The summed E-state index contributed by atoms with van der Waals surface area (Å²) in [6.07, 6.45) is 4.36. The van der Waals surface area contributed by atoms with Crippen LogP contribution in [-0.2, 0) is 9.53 Å². The first-order valence-electron chi connectivity index (χ1n) is 3.15. The Balaban J connectivity index is 2.01. The molecule has 0 aromatic heterocycles. The second-order valence-electron chi connectivity index (χ2n) is 2.03. The summed E-state index contributed by atoms with van der Waals surface area (Å²) in [4.78, 5) is 14.2. The standard InChI is InChI=1S/C7H9NO2/c1-6(9)10-5-3-7-2-4-8-7/h2,4H,3,5H2,1H3. The third kappa shape index (κ3) is 2.01. The zero-order valence-electron chi connectivity index (χ0n) is 5.83. The number of allylic oxidation sites excluding steroid dienone is 1. The van der Waals surface area contributed by atoms with Crippen molar-refractivity contribution in [1.82, 2.24) is 0 Å². The van der Waals surface area contributed by atoms with Gasteiger partial charge in [-0.15, -0.1) is 0 Å². The van der Waals surface area contributed by atoms with Crippen LogP contribution in [0.25, 0.3) is 0 Å². The van der Waals surface area contributed by atoms with Crippen LogP contribution in [0, 0.1) is 0 Å². The topological polar surface area (TPSA) is 38.7 Å². The van der Waals surface area contributed by atoms with Crippen molar-refractivity contribution in [3.63, 3.8) is 0 Å². The van der Waals surface area contributed by atoms with E-state index in [1.165, 1.54) is 6.92 Å². The molecule has 0 amide bonds. The molecule has 0 radical (unpaired) electrons. The van der Waals surface area contributed by atoms with E-state index in [0.717, 1.165) is 12.1 Å². The molecule has 0 aromatic rings. The molecule has 3 nitrogen and oxygen atoms in total. The van der Waals surface area contributed by atoms with Gasteiger partial charge in [-0.25, -0.2) is 0 Å². The van der Waals surface area contributed by atoms with Gasteiger partial charge in [-0.2, -0.15) is 0 Å². The van der Waals surface area contributed by atoms with Gasteiger partial charge >= 0.3 is 5.97 Å². The van der Waals surface area contributed by atoms with Crippen molar-refractivity contribution in [3.05, 3.63) is 11.8 Å². The number of hydrogen-bond acceptors (Lipinski definition) is 3. The molecule has 0 unspecified atom stereocenters. The number of aliphatic imine (C=N–C) groups is 1. The number of carbonyl (C=O) groups is 1. The fourth-order valence-corrected chi connectivity index (χ4v) is 0.627. The minimum atomic E-state index is -0.232. The molecule has 0 saturated heterocycles. The fourth-order valence-electron chi connectivity index (χ4n) is 0.627. The highest BCUT2D eigenvalue weighted by Crippen LogP contribution is 2.07. The molecule has 1 aliphatic heterocycles. The predicted octanol–water partition coefficient (Wildman–Crippen LogP) is 0.908. The third-order valence-corrected chi connectivity index (χ3v) is 1.17. The van der Waals surface area contributed by atoms with E-state index >= 15 is 0 Å². The summed E-state index contributed by atoms with van der Waals surface area (Å²) in [7, 11) is 0. The van der Waals surface area contributed by atoms with Crippen LogP contribution in [0.2, 0.25) is 0 Å². The van der Waals surface area contributed by atoms with Crippen LogP contribution in [-0.4, -0.2) is 18.8 Å². The zero-order valence-corrected chi connectivity index (χ0v) is 5.83. The molecule has 0 atom stereocenters. The van der Waals surface area contributed by atoms with Gasteiger partial charge in [0.25, 0.3) is 0 Å². The average molecular weight is 139 g/mol. The molecule has 3 heteroatoms. The summed E-state index contributed by atoms with van der Waals surface area (Å²) < 4.78 is 4.69. The Kier molecular flexibility index (Phi) is 2.20. The molecular weight excluding hydrogens is 130 g/mol. The molecule has 0 fully saturated rings. The number of hydrogen-bond donors (Lipinski definition) is 0. The predicted molar refractivity (Wildman–Crippen MR) is 37.8 cm³/mol. The zero-order chi connectivity index (χ0) is 7.40. The van der Waals surface area contributed by atoms with Crippen LogP contribution >= 0.6 is 0 Å². The van der Waals surface area contributed by atoms with Crippen LogP contribution in [0.15, 0.2) is 16.8 Å². The molecule has 0 aromatic carbocycles. The quantitative estimate of drug-likeness (QED) is 0.545. The average Bonchev–Trinajstić information content (AvgIpc) is 1.75. The van der Waals surface area contributed by atoms with Crippen molar-refractivity contribution in [2.75, 3.05) is 6.61 Å². The molecule has 54 valence electrons. The Morgan fingerprint density at radius 3 is 2.90 bits per heavy atom. The lowest BCUT2D eigenvalue weighted by atomic mass is 10.2. The maximum atomic E-state index is 10.3. The lowest BCUT2D eigenvalue weighted by molar-refractivity contribution is -0.140. The molecule has 1 rings (SSSR count). The molecule has 10 heavy (non-hydrogen) atoms. The second-order valence-corrected chi connectivity index (χ2v) is 2.03. The number of rotatable bonds is 3. The monoisotopic (exact) mass is 139 g/mol. The highest BCUT2D eigenvalue weighted by atomic mass is 16.5. The molecule has 0 aliphatic carbocycles. The minimum absolute atomic E-state index is 0.232. The first kappa shape index (κ1) is 6.99. The maximum absolute atomic E-state index is 10.3. The van der Waals surface area contributed by atoms with E-state index in [4.69, 9.17) is 4.74 Å². The number of carbonyl (C=O) groups excluding carboxylic acids is 1. The van der Waals surface area contributed by atoms with Crippen molar-refractivity contribution in [1.29, 1.82) is 0 Å². The van der Waals surface area contributed by atoms with Crippen LogP contribution in [0.1, 0.15) is 13.3 Å².